The van der Waals surface area contributed by atoms with Crippen LogP contribution in [-0.2, 0) is 4.74 Å². The average Bonchev–Trinajstić information content (AvgIpc) is 2.56. The maximum Gasteiger partial charge on any atom is 0.0575 e. The minimum atomic E-state index is 0.595. The van der Waals surface area contributed by atoms with E-state index in [2.05, 4.69) is 6.92 Å². The summed E-state index contributed by atoms with van der Waals surface area (Å²) in [5.74, 6) is 3.97. The van der Waals surface area contributed by atoms with Gasteiger partial charge in [0.1, 0.15) is 0 Å². The van der Waals surface area contributed by atoms with Crippen molar-refractivity contribution < 1.29 is 4.74 Å². The highest BCUT2D eigenvalue weighted by molar-refractivity contribution is 4.80. The number of hydrogen-bond acceptors (Lipinski definition) is 1. The molecule has 1 nitrogen and oxygen atoms in total. The Bertz CT molecular complexity index is 278. The highest BCUT2D eigenvalue weighted by Gasteiger charge is 2.29. The molecule has 0 bridgehead atoms. The van der Waals surface area contributed by atoms with Gasteiger partial charge in [0.2, 0.25) is 0 Å². The van der Waals surface area contributed by atoms with Crippen LogP contribution in [0.3, 0.4) is 0 Å². The van der Waals surface area contributed by atoms with Crippen LogP contribution < -0.4 is 0 Å². The zero-order chi connectivity index (χ0) is 14.5. The van der Waals surface area contributed by atoms with Gasteiger partial charge in [0.15, 0.2) is 0 Å². The third kappa shape index (κ3) is 4.71. The van der Waals surface area contributed by atoms with E-state index in [0.29, 0.717) is 6.10 Å². The van der Waals surface area contributed by atoms with E-state index in [1.807, 2.05) is 0 Å². The predicted molar refractivity (Wildman–Crippen MR) is 89.4 cm³/mol. The molecule has 0 N–H and O–H groups in total. The minimum absolute atomic E-state index is 0.595. The lowest BCUT2D eigenvalue weighted by Gasteiger charge is -2.36. The number of ether oxygens (including phenoxy) is 1. The Morgan fingerprint density at radius 2 is 1.29 bits per heavy atom. The molecule has 122 valence electrons. The first-order valence-corrected chi connectivity index (χ1v) is 9.93. The third-order valence-corrected chi connectivity index (χ3v) is 6.74. The third-order valence-electron chi connectivity index (χ3n) is 6.74. The van der Waals surface area contributed by atoms with Gasteiger partial charge in [-0.25, -0.2) is 0 Å². The van der Waals surface area contributed by atoms with E-state index in [0.717, 1.165) is 30.3 Å². The summed E-state index contributed by atoms with van der Waals surface area (Å²) in [6, 6.07) is 0. The van der Waals surface area contributed by atoms with E-state index < -0.39 is 0 Å². The molecule has 3 aliphatic carbocycles. The maximum atomic E-state index is 6.25. The van der Waals surface area contributed by atoms with Gasteiger partial charge in [0.05, 0.1) is 6.10 Å². The molecule has 3 aliphatic rings. The van der Waals surface area contributed by atoms with Crippen molar-refractivity contribution in [1.29, 1.82) is 0 Å². The van der Waals surface area contributed by atoms with Crippen LogP contribution in [0.5, 0.6) is 0 Å². The summed E-state index contributed by atoms with van der Waals surface area (Å²) in [4.78, 5) is 0. The second-order valence-corrected chi connectivity index (χ2v) is 8.39. The Kier molecular flexibility index (Phi) is 6.03. The van der Waals surface area contributed by atoms with Crippen LogP contribution in [0, 0.1) is 23.7 Å². The van der Waals surface area contributed by atoms with Crippen molar-refractivity contribution in [2.45, 2.75) is 96.5 Å². The first-order valence-electron chi connectivity index (χ1n) is 9.93. The molecular weight excluding hydrogens is 256 g/mol. The van der Waals surface area contributed by atoms with E-state index in [1.165, 1.54) is 83.5 Å². The molecule has 0 radical (unpaired) electrons. The number of rotatable bonds is 4. The molecule has 0 saturated heterocycles. The van der Waals surface area contributed by atoms with Crippen LogP contribution >= 0.6 is 0 Å². The second-order valence-electron chi connectivity index (χ2n) is 8.39. The Hall–Kier alpha value is -0.0400. The fraction of sp³-hybridized carbons (Fsp3) is 1.00. The summed E-state index contributed by atoms with van der Waals surface area (Å²) in [7, 11) is 0. The van der Waals surface area contributed by atoms with Gasteiger partial charge < -0.3 is 4.74 Å². The average molecular weight is 293 g/mol. The number of hydrogen-bond donors (Lipinski definition) is 0. The van der Waals surface area contributed by atoms with Gasteiger partial charge in [-0.05, 0) is 75.0 Å². The fourth-order valence-corrected chi connectivity index (χ4v) is 5.10. The molecular formula is C20H36O. The molecule has 0 atom stereocenters. The van der Waals surface area contributed by atoms with Crippen LogP contribution in [-0.4, -0.2) is 12.7 Å². The molecule has 0 aliphatic heterocycles. The van der Waals surface area contributed by atoms with Crippen molar-refractivity contribution >= 4 is 0 Å². The lowest BCUT2D eigenvalue weighted by molar-refractivity contribution is -0.0107. The lowest BCUT2D eigenvalue weighted by atomic mass is 9.71. The van der Waals surface area contributed by atoms with E-state index in [9.17, 15) is 0 Å². The smallest absolute Gasteiger partial charge is 0.0575 e. The van der Waals surface area contributed by atoms with Gasteiger partial charge in [0.25, 0.3) is 0 Å². The summed E-state index contributed by atoms with van der Waals surface area (Å²) in [5, 5.41) is 0. The van der Waals surface area contributed by atoms with E-state index >= 15 is 0 Å². The monoisotopic (exact) mass is 292 g/mol. The van der Waals surface area contributed by atoms with Crippen LogP contribution in [0.15, 0.2) is 0 Å². The van der Waals surface area contributed by atoms with Crippen molar-refractivity contribution in [3.63, 3.8) is 0 Å². The van der Waals surface area contributed by atoms with Crippen molar-refractivity contribution in [3.05, 3.63) is 0 Å². The normalized spacial score (nSPS) is 39.3. The quantitative estimate of drug-likeness (QED) is 0.620. The predicted octanol–water partition coefficient (Wildman–Crippen LogP) is 5.97. The summed E-state index contributed by atoms with van der Waals surface area (Å²) >= 11 is 0. The van der Waals surface area contributed by atoms with Crippen LogP contribution in [0.25, 0.3) is 0 Å². The molecule has 3 fully saturated rings. The van der Waals surface area contributed by atoms with Crippen molar-refractivity contribution in [1.82, 2.24) is 0 Å². The van der Waals surface area contributed by atoms with Gasteiger partial charge in [-0.3, -0.25) is 0 Å². The highest BCUT2D eigenvalue weighted by atomic mass is 16.5. The molecule has 0 aromatic heterocycles. The first kappa shape index (κ1) is 15.8. The topological polar surface area (TPSA) is 9.23 Å². The van der Waals surface area contributed by atoms with Crippen LogP contribution in [0.4, 0.5) is 0 Å². The Morgan fingerprint density at radius 1 is 0.667 bits per heavy atom. The maximum absolute atomic E-state index is 6.25. The van der Waals surface area contributed by atoms with Crippen LogP contribution in [0.1, 0.15) is 90.4 Å². The molecule has 1 heteroatoms. The van der Waals surface area contributed by atoms with Gasteiger partial charge in [-0.2, -0.15) is 0 Å². The molecule has 0 aromatic carbocycles. The van der Waals surface area contributed by atoms with Crippen molar-refractivity contribution in [2.24, 2.45) is 23.7 Å². The zero-order valence-corrected chi connectivity index (χ0v) is 14.2. The van der Waals surface area contributed by atoms with Gasteiger partial charge in [0, 0.05) is 6.61 Å². The highest BCUT2D eigenvalue weighted by Crippen LogP contribution is 2.40. The summed E-state index contributed by atoms with van der Waals surface area (Å²) < 4.78 is 6.25. The Labute approximate surface area is 132 Å². The molecule has 0 heterocycles. The van der Waals surface area contributed by atoms with E-state index in [1.54, 1.807) is 0 Å². The lowest BCUT2D eigenvalue weighted by Crippen LogP contribution is -2.28. The van der Waals surface area contributed by atoms with Gasteiger partial charge >= 0.3 is 0 Å². The Balaban J connectivity index is 1.32. The van der Waals surface area contributed by atoms with E-state index in [-0.39, 0.29) is 0 Å². The Morgan fingerprint density at radius 3 is 1.95 bits per heavy atom. The molecule has 3 rings (SSSR count). The van der Waals surface area contributed by atoms with E-state index in [4.69, 9.17) is 4.74 Å². The molecule has 0 spiro atoms. The minimum Gasteiger partial charge on any atom is -0.378 e. The molecule has 0 amide bonds. The molecule has 3 saturated carbocycles. The molecule has 21 heavy (non-hydrogen) atoms. The SMILES string of the molecule is CC1CCC(OCC2CCC(C3CCCCC3)CC2)CC1. The zero-order valence-electron chi connectivity index (χ0n) is 14.2. The largest absolute Gasteiger partial charge is 0.378 e. The second kappa shape index (κ2) is 7.99. The van der Waals surface area contributed by atoms with Gasteiger partial charge in [-0.15, -0.1) is 0 Å². The standard InChI is InChI=1S/C20H36O/c1-16-7-13-20(14-8-16)21-15-17-9-11-19(12-10-17)18-5-3-2-4-6-18/h16-20H,2-15H2,1H3. The molecule has 0 aromatic rings. The molecule has 0 unspecified atom stereocenters. The summed E-state index contributed by atoms with van der Waals surface area (Å²) in [5.41, 5.74) is 0. The van der Waals surface area contributed by atoms with Crippen molar-refractivity contribution in [2.75, 3.05) is 6.61 Å². The van der Waals surface area contributed by atoms with Gasteiger partial charge in [-0.1, -0.05) is 39.0 Å². The first-order chi connectivity index (χ1) is 10.3. The fourth-order valence-electron chi connectivity index (χ4n) is 5.10. The summed E-state index contributed by atoms with van der Waals surface area (Å²) in [6.07, 6.45) is 19.5. The van der Waals surface area contributed by atoms with Crippen molar-refractivity contribution in [3.8, 4) is 0 Å². The van der Waals surface area contributed by atoms with Crippen LogP contribution in [0.2, 0.25) is 0 Å². The summed E-state index contributed by atoms with van der Waals surface area (Å²) in [6.45, 7) is 3.46.